The summed E-state index contributed by atoms with van der Waals surface area (Å²) < 4.78 is 0. The maximum atomic E-state index is 4.12. The molecule has 3 heteroatoms. The molecular weight excluding hydrogens is 138 g/mol. The predicted molar refractivity (Wildman–Crippen MR) is 45.6 cm³/mol. The van der Waals surface area contributed by atoms with Crippen molar-refractivity contribution in [2.45, 2.75) is 20.3 Å². The van der Waals surface area contributed by atoms with Gasteiger partial charge in [0.15, 0.2) is 0 Å². The van der Waals surface area contributed by atoms with Crippen molar-refractivity contribution >= 4 is 5.82 Å². The van der Waals surface area contributed by atoms with Gasteiger partial charge in [-0.1, -0.05) is 6.92 Å². The van der Waals surface area contributed by atoms with Gasteiger partial charge in [-0.05, 0) is 13.3 Å². The minimum Gasteiger partial charge on any atom is -0.370 e. The average molecular weight is 151 g/mol. The van der Waals surface area contributed by atoms with Crippen molar-refractivity contribution in [2.75, 3.05) is 11.9 Å². The second kappa shape index (κ2) is 3.91. The summed E-state index contributed by atoms with van der Waals surface area (Å²) in [6, 6.07) is 0. The molecule has 0 saturated heterocycles. The zero-order valence-corrected chi connectivity index (χ0v) is 6.96. The van der Waals surface area contributed by atoms with Crippen LogP contribution in [0.5, 0.6) is 0 Å². The molecule has 0 radical (unpaired) electrons. The number of nitrogens with one attached hydrogen (secondary N) is 1. The number of anilines is 1. The van der Waals surface area contributed by atoms with Crippen LogP contribution in [0.25, 0.3) is 0 Å². The third kappa shape index (κ3) is 1.90. The van der Waals surface area contributed by atoms with Gasteiger partial charge < -0.3 is 5.32 Å². The van der Waals surface area contributed by atoms with Crippen molar-refractivity contribution in [2.24, 2.45) is 0 Å². The van der Waals surface area contributed by atoms with Crippen LogP contribution in [0.4, 0.5) is 5.82 Å². The van der Waals surface area contributed by atoms with Crippen molar-refractivity contribution < 1.29 is 0 Å². The van der Waals surface area contributed by atoms with Gasteiger partial charge in [-0.3, -0.25) is 0 Å². The highest BCUT2D eigenvalue weighted by atomic mass is 15.0. The van der Waals surface area contributed by atoms with Gasteiger partial charge in [0.25, 0.3) is 0 Å². The largest absolute Gasteiger partial charge is 0.370 e. The maximum Gasteiger partial charge on any atom is 0.132 e. The molecule has 1 heterocycles. The average Bonchev–Trinajstić information content (AvgIpc) is 2.06. The normalized spacial score (nSPS) is 9.64. The Kier molecular flexibility index (Phi) is 2.83. The lowest BCUT2D eigenvalue weighted by Gasteiger charge is -2.05. The number of aromatic nitrogens is 2. The molecular formula is C8H13N3. The van der Waals surface area contributed by atoms with Crippen molar-refractivity contribution in [3.8, 4) is 0 Å². The van der Waals surface area contributed by atoms with Crippen molar-refractivity contribution in [1.82, 2.24) is 9.97 Å². The summed E-state index contributed by atoms with van der Waals surface area (Å²) in [5, 5.41) is 3.18. The number of hydrogen-bond donors (Lipinski definition) is 1. The molecule has 1 aromatic rings. The first-order valence-corrected chi connectivity index (χ1v) is 3.91. The lowest BCUT2D eigenvalue weighted by molar-refractivity contribution is 1.02. The molecule has 60 valence electrons. The van der Waals surface area contributed by atoms with Crippen LogP contribution in [-0.2, 0) is 6.42 Å². The molecule has 0 aliphatic carbocycles. The molecule has 11 heavy (non-hydrogen) atoms. The van der Waals surface area contributed by atoms with Gasteiger partial charge in [0.05, 0.1) is 0 Å². The van der Waals surface area contributed by atoms with Crippen LogP contribution in [0.15, 0.2) is 12.5 Å². The van der Waals surface area contributed by atoms with Crippen molar-refractivity contribution in [3.05, 3.63) is 18.1 Å². The van der Waals surface area contributed by atoms with E-state index in [1.165, 1.54) is 5.56 Å². The number of rotatable bonds is 3. The molecule has 0 aromatic carbocycles. The molecule has 0 aliphatic heterocycles. The van der Waals surface area contributed by atoms with Crippen LogP contribution in [0.3, 0.4) is 0 Å². The Hall–Kier alpha value is -1.12. The predicted octanol–water partition coefficient (Wildman–Crippen LogP) is 1.47. The fourth-order valence-electron chi connectivity index (χ4n) is 0.944. The van der Waals surface area contributed by atoms with Crippen molar-refractivity contribution in [1.29, 1.82) is 0 Å². The molecule has 0 unspecified atom stereocenters. The molecule has 0 fully saturated rings. The van der Waals surface area contributed by atoms with Crippen LogP contribution in [0.2, 0.25) is 0 Å². The molecule has 1 N–H and O–H groups in total. The van der Waals surface area contributed by atoms with Crippen LogP contribution in [0, 0.1) is 0 Å². The topological polar surface area (TPSA) is 37.8 Å². The van der Waals surface area contributed by atoms with Crippen LogP contribution >= 0.6 is 0 Å². The second-order valence-electron chi connectivity index (χ2n) is 2.28. The highest BCUT2D eigenvalue weighted by Crippen LogP contribution is 2.09. The van der Waals surface area contributed by atoms with Crippen LogP contribution < -0.4 is 5.32 Å². The Morgan fingerprint density at radius 3 is 2.91 bits per heavy atom. The van der Waals surface area contributed by atoms with E-state index in [4.69, 9.17) is 0 Å². The van der Waals surface area contributed by atoms with Gasteiger partial charge in [0.1, 0.15) is 12.1 Å². The minimum absolute atomic E-state index is 0.907. The summed E-state index contributed by atoms with van der Waals surface area (Å²) in [6.45, 7) is 5.06. The lowest BCUT2D eigenvalue weighted by Crippen LogP contribution is -2.02. The first-order chi connectivity index (χ1) is 5.38. The monoisotopic (exact) mass is 151 g/mol. The number of hydrogen-bond acceptors (Lipinski definition) is 3. The second-order valence-corrected chi connectivity index (χ2v) is 2.28. The van der Waals surface area contributed by atoms with E-state index in [1.54, 1.807) is 6.33 Å². The maximum absolute atomic E-state index is 4.12. The first-order valence-electron chi connectivity index (χ1n) is 3.91. The Morgan fingerprint density at radius 2 is 2.27 bits per heavy atom. The van der Waals surface area contributed by atoms with E-state index in [2.05, 4.69) is 29.1 Å². The molecule has 0 bridgehead atoms. The third-order valence-corrected chi connectivity index (χ3v) is 1.51. The lowest BCUT2D eigenvalue weighted by atomic mass is 10.2. The van der Waals surface area contributed by atoms with Crippen LogP contribution in [-0.4, -0.2) is 16.5 Å². The van der Waals surface area contributed by atoms with Gasteiger partial charge in [-0.25, -0.2) is 9.97 Å². The van der Waals surface area contributed by atoms with Gasteiger partial charge in [-0.15, -0.1) is 0 Å². The van der Waals surface area contributed by atoms with Gasteiger partial charge in [0, 0.05) is 18.3 Å². The van der Waals surface area contributed by atoms with E-state index in [0.29, 0.717) is 0 Å². The summed E-state index contributed by atoms with van der Waals surface area (Å²) in [6.07, 6.45) is 4.39. The van der Waals surface area contributed by atoms with E-state index in [9.17, 15) is 0 Å². The summed E-state index contributed by atoms with van der Waals surface area (Å²) in [4.78, 5) is 8.06. The highest BCUT2D eigenvalue weighted by molar-refractivity contribution is 5.41. The first kappa shape index (κ1) is 7.98. The Balaban J connectivity index is 2.83. The Labute approximate surface area is 66.9 Å². The van der Waals surface area contributed by atoms with Gasteiger partial charge in [-0.2, -0.15) is 0 Å². The van der Waals surface area contributed by atoms with Gasteiger partial charge in [0.2, 0.25) is 0 Å². The summed E-state index contributed by atoms with van der Waals surface area (Å²) in [5.41, 5.74) is 1.18. The standard InChI is InChI=1S/C8H13N3/c1-3-7-5-9-6-11-8(7)10-4-2/h5-6H,3-4H2,1-2H3,(H,9,10,11). The van der Waals surface area contributed by atoms with E-state index in [-0.39, 0.29) is 0 Å². The molecule has 0 saturated carbocycles. The molecule has 0 amide bonds. The number of aryl methyl sites for hydroxylation is 1. The molecule has 1 rings (SSSR count). The van der Waals surface area contributed by atoms with Crippen molar-refractivity contribution in [3.63, 3.8) is 0 Å². The van der Waals surface area contributed by atoms with Gasteiger partial charge >= 0.3 is 0 Å². The fourth-order valence-corrected chi connectivity index (χ4v) is 0.944. The quantitative estimate of drug-likeness (QED) is 0.710. The minimum atomic E-state index is 0.907. The Morgan fingerprint density at radius 1 is 1.45 bits per heavy atom. The summed E-state index contributed by atoms with van der Waals surface area (Å²) >= 11 is 0. The van der Waals surface area contributed by atoms with E-state index in [0.717, 1.165) is 18.8 Å². The van der Waals surface area contributed by atoms with E-state index < -0.39 is 0 Å². The smallest absolute Gasteiger partial charge is 0.132 e. The molecule has 1 aromatic heterocycles. The molecule has 0 atom stereocenters. The highest BCUT2D eigenvalue weighted by Gasteiger charge is 1.97. The Bertz CT molecular complexity index is 222. The van der Waals surface area contributed by atoms with E-state index in [1.807, 2.05) is 6.20 Å². The fraction of sp³-hybridized carbons (Fsp3) is 0.500. The number of nitrogens with zero attached hydrogens (tertiary/aromatic N) is 2. The molecule has 0 aliphatic rings. The van der Waals surface area contributed by atoms with Crippen LogP contribution in [0.1, 0.15) is 19.4 Å². The van der Waals surface area contributed by atoms with E-state index >= 15 is 0 Å². The molecule has 3 nitrogen and oxygen atoms in total. The third-order valence-electron chi connectivity index (χ3n) is 1.51. The zero-order chi connectivity index (χ0) is 8.10. The molecule has 0 spiro atoms. The summed E-state index contributed by atoms with van der Waals surface area (Å²) in [5.74, 6) is 0.963. The SMILES string of the molecule is CCNc1ncncc1CC. The summed E-state index contributed by atoms with van der Waals surface area (Å²) in [7, 11) is 0. The zero-order valence-electron chi connectivity index (χ0n) is 6.96.